The van der Waals surface area contributed by atoms with Gasteiger partial charge in [-0.25, -0.2) is 4.79 Å². The molecule has 0 spiro atoms. The number of aryl methyl sites for hydroxylation is 2. The van der Waals surface area contributed by atoms with Crippen molar-refractivity contribution in [3.63, 3.8) is 0 Å². The minimum Gasteiger partial charge on any atom is -0.349 e. The highest BCUT2D eigenvalue weighted by atomic mass is 16.2. The molecule has 5 heteroatoms. The predicted octanol–water partition coefficient (Wildman–Crippen LogP) is 2.19. The largest absolute Gasteiger partial charge is 0.349 e. The van der Waals surface area contributed by atoms with Crippen LogP contribution in [-0.2, 0) is 0 Å². The van der Waals surface area contributed by atoms with E-state index in [4.69, 9.17) is 0 Å². The maximum absolute atomic E-state index is 12.0. The molecule has 110 valence electrons. The number of aromatic amines is 1. The lowest BCUT2D eigenvalue weighted by atomic mass is 10.0. The Morgan fingerprint density at radius 1 is 1.19 bits per heavy atom. The standard InChI is InChI=1S/C16H19N3O2/c1-9(2)17-15(20)14-8-13(18-16(21)19-14)12-6-5-10(3)11(4)7-12/h5-9H,1-4H3,(H,17,20)(H,18,19,21). The van der Waals surface area contributed by atoms with Crippen LogP contribution in [0.15, 0.2) is 29.1 Å². The molecular formula is C16H19N3O2. The molecule has 2 N–H and O–H groups in total. The minimum absolute atomic E-state index is 0.000707. The van der Waals surface area contributed by atoms with Crippen molar-refractivity contribution in [2.45, 2.75) is 33.7 Å². The van der Waals surface area contributed by atoms with Gasteiger partial charge < -0.3 is 10.3 Å². The number of hydrogen-bond acceptors (Lipinski definition) is 3. The summed E-state index contributed by atoms with van der Waals surface area (Å²) in [6.45, 7) is 7.74. The summed E-state index contributed by atoms with van der Waals surface area (Å²) in [4.78, 5) is 30.1. The third-order valence-electron chi connectivity index (χ3n) is 3.21. The van der Waals surface area contributed by atoms with E-state index in [9.17, 15) is 9.59 Å². The molecule has 0 unspecified atom stereocenters. The Labute approximate surface area is 123 Å². The van der Waals surface area contributed by atoms with Crippen LogP contribution in [0.1, 0.15) is 35.5 Å². The molecule has 0 saturated carbocycles. The molecule has 1 aromatic heterocycles. The second kappa shape index (κ2) is 5.91. The lowest BCUT2D eigenvalue weighted by molar-refractivity contribution is 0.0937. The molecule has 0 bridgehead atoms. The van der Waals surface area contributed by atoms with E-state index in [0.29, 0.717) is 5.69 Å². The van der Waals surface area contributed by atoms with Gasteiger partial charge >= 0.3 is 5.69 Å². The van der Waals surface area contributed by atoms with Crippen molar-refractivity contribution in [3.8, 4) is 11.3 Å². The average Bonchev–Trinajstić information content (AvgIpc) is 2.40. The van der Waals surface area contributed by atoms with Crippen LogP contribution < -0.4 is 11.0 Å². The van der Waals surface area contributed by atoms with Crippen LogP contribution in [0.3, 0.4) is 0 Å². The van der Waals surface area contributed by atoms with E-state index in [1.54, 1.807) is 6.07 Å². The summed E-state index contributed by atoms with van der Waals surface area (Å²) in [5.74, 6) is -0.311. The zero-order valence-corrected chi connectivity index (χ0v) is 12.7. The van der Waals surface area contributed by atoms with E-state index < -0.39 is 5.69 Å². The van der Waals surface area contributed by atoms with Gasteiger partial charge in [-0.15, -0.1) is 0 Å². The number of H-pyrrole nitrogens is 1. The van der Waals surface area contributed by atoms with Crippen molar-refractivity contribution in [3.05, 3.63) is 51.6 Å². The molecule has 0 aliphatic rings. The van der Waals surface area contributed by atoms with Crippen LogP contribution in [-0.4, -0.2) is 21.9 Å². The number of hydrogen-bond donors (Lipinski definition) is 2. The van der Waals surface area contributed by atoms with E-state index in [-0.39, 0.29) is 17.6 Å². The summed E-state index contributed by atoms with van der Waals surface area (Å²) in [6, 6.07) is 7.43. The molecule has 0 aliphatic heterocycles. The highest BCUT2D eigenvalue weighted by molar-refractivity contribution is 5.93. The first-order chi connectivity index (χ1) is 9.86. The molecule has 0 saturated heterocycles. The Morgan fingerprint density at radius 2 is 1.90 bits per heavy atom. The first-order valence-electron chi connectivity index (χ1n) is 6.86. The van der Waals surface area contributed by atoms with Crippen molar-refractivity contribution in [1.82, 2.24) is 15.3 Å². The molecule has 5 nitrogen and oxygen atoms in total. The van der Waals surface area contributed by atoms with E-state index in [2.05, 4.69) is 15.3 Å². The van der Waals surface area contributed by atoms with Crippen molar-refractivity contribution in [2.75, 3.05) is 0 Å². The average molecular weight is 285 g/mol. The van der Waals surface area contributed by atoms with E-state index >= 15 is 0 Å². The van der Waals surface area contributed by atoms with Gasteiger partial charge in [-0.05, 0) is 51.0 Å². The summed E-state index contributed by atoms with van der Waals surface area (Å²) in [7, 11) is 0. The zero-order chi connectivity index (χ0) is 15.6. The fraction of sp³-hybridized carbons (Fsp3) is 0.312. The molecule has 1 heterocycles. The quantitative estimate of drug-likeness (QED) is 0.907. The number of rotatable bonds is 3. The maximum Gasteiger partial charge on any atom is 0.346 e. The van der Waals surface area contributed by atoms with E-state index in [0.717, 1.165) is 11.1 Å². The SMILES string of the molecule is Cc1ccc(-c2cc(C(=O)NC(C)C)[nH]c(=O)n2)cc1C. The summed E-state index contributed by atoms with van der Waals surface area (Å²) in [5, 5.41) is 2.75. The van der Waals surface area contributed by atoms with Crippen LogP contribution in [0.25, 0.3) is 11.3 Å². The third kappa shape index (κ3) is 3.56. The van der Waals surface area contributed by atoms with Crippen LogP contribution in [0.2, 0.25) is 0 Å². The van der Waals surface area contributed by atoms with Crippen LogP contribution in [0.4, 0.5) is 0 Å². The molecule has 1 amide bonds. The van der Waals surface area contributed by atoms with Gasteiger partial charge in [0.15, 0.2) is 0 Å². The predicted molar refractivity (Wildman–Crippen MR) is 82.4 cm³/mol. The highest BCUT2D eigenvalue weighted by Gasteiger charge is 2.11. The molecule has 0 fully saturated rings. The lowest BCUT2D eigenvalue weighted by Gasteiger charge is -2.09. The first-order valence-corrected chi connectivity index (χ1v) is 6.86. The second-order valence-corrected chi connectivity index (χ2v) is 5.41. The maximum atomic E-state index is 12.0. The van der Waals surface area contributed by atoms with Gasteiger partial charge in [0.05, 0.1) is 5.69 Å². The monoisotopic (exact) mass is 285 g/mol. The summed E-state index contributed by atoms with van der Waals surface area (Å²) in [6.07, 6.45) is 0. The summed E-state index contributed by atoms with van der Waals surface area (Å²) < 4.78 is 0. The summed E-state index contributed by atoms with van der Waals surface area (Å²) >= 11 is 0. The topological polar surface area (TPSA) is 74.8 Å². The molecule has 21 heavy (non-hydrogen) atoms. The Hall–Kier alpha value is -2.43. The zero-order valence-electron chi connectivity index (χ0n) is 12.7. The van der Waals surface area contributed by atoms with Gasteiger partial charge in [0.1, 0.15) is 5.69 Å². The fourth-order valence-electron chi connectivity index (χ4n) is 1.97. The Bertz CT molecular complexity index is 733. The van der Waals surface area contributed by atoms with Crippen molar-refractivity contribution < 1.29 is 4.79 Å². The van der Waals surface area contributed by atoms with Crippen LogP contribution in [0, 0.1) is 13.8 Å². The Kier molecular flexibility index (Phi) is 4.21. The number of nitrogens with one attached hydrogen (secondary N) is 2. The molecule has 2 rings (SSSR count). The molecular weight excluding hydrogens is 266 g/mol. The van der Waals surface area contributed by atoms with Crippen molar-refractivity contribution >= 4 is 5.91 Å². The smallest absolute Gasteiger partial charge is 0.346 e. The number of carbonyl (C=O) groups is 1. The normalized spacial score (nSPS) is 10.7. The number of carbonyl (C=O) groups excluding carboxylic acids is 1. The number of aromatic nitrogens is 2. The van der Waals surface area contributed by atoms with Crippen LogP contribution >= 0.6 is 0 Å². The van der Waals surface area contributed by atoms with Crippen molar-refractivity contribution in [1.29, 1.82) is 0 Å². The molecule has 0 atom stereocenters. The molecule has 2 aromatic rings. The van der Waals surface area contributed by atoms with Crippen LogP contribution in [0.5, 0.6) is 0 Å². The molecule has 1 aromatic carbocycles. The van der Waals surface area contributed by atoms with Gasteiger partial charge in [-0.2, -0.15) is 4.98 Å². The molecule has 0 aliphatic carbocycles. The highest BCUT2D eigenvalue weighted by Crippen LogP contribution is 2.19. The molecule has 0 radical (unpaired) electrons. The summed E-state index contributed by atoms with van der Waals surface area (Å²) in [5.41, 5.74) is 3.29. The van der Waals surface area contributed by atoms with Gasteiger partial charge in [0.25, 0.3) is 5.91 Å². The Morgan fingerprint density at radius 3 is 2.52 bits per heavy atom. The lowest BCUT2D eigenvalue weighted by Crippen LogP contribution is -2.32. The van der Waals surface area contributed by atoms with Gasteiger partial charge in [0, 0.05) is 11.6 Å². The van der Waals surface area contributed by atoms with Crippen molar-refractivity contribution in [2.24, 2.45) is 0 Å². The second-order valence-electron chi connectivity index (χ2n) is 5.41. The number of nitrogens with zero attached hydrogens (tertiary/aromatic N) is 1. The van der Waals surface area contributed by atoms with Gasteiger partial charge in [-0.3, -0.25) is 4.79 Å². The minimum atomic E-state index is -0.528. The fourth-order valence-corrected chi connectivity index (χ4v) is 1.97. The van der Waals surface area contributed by atoms with Gasteiger partial charge in [-0.1, -0.05) is 12.1 Å². The third-order valence-corrected chi connectivity index (χ3v) is 3.21. The van der Waals surface area contributed by atoms with E-state index in [1.807, 2.05) is 45.9 Å². The first kappa shape index (κ1) is 15.0. The number of amides is 1. The number of benzene rings is 1. The van der Waals surface area contributed by atoms with Gasteiger partial charge in [0.2, 0.25) is 0 Å². The Balaban J connectivity index is 2.45. The van der Waals surface area contributed by atoms with E-state index in [1.165, 1.54) is 5.56 Å².